The first-order chi connectivity index (χ1) is 13.8. The monoisotopic (exact) mass is 474 g/mol. The molecule has 0 heterocycles. The molecule has 0 N–H and O–H groups in total. The zero-order chi connectivity index (χ0) is 20.5. The molecule has 0 saturated heterocycles. The summed E-state index contributed by atoms with van der Waals surface area (Å²) in [6, 6.07) is 23.9. The van der Waals surface area contributed by atoms with Crippen molar-refractivity contribution in [2.75, 3.05) is 5.08 Å². The Bertz CT molecular complexity index is 1300. The fourth-order valence-electron chi connectivity index (χ4n) is 3.04. The molecule has 31 heavy (non-hydrogen) atoms. The second-order valence-electron chi connectivity index (χ2n) is 6.35. The first-order valence-electron chi connectivity index (χ1n) is 8.63. The van der Waals surface area contributed by atoms with Crippen LogP contribution in [0.2, 0.25) is 0 Å². The van der Waals surface area contributed by atoms with Crippen molar-refractivity contribution in [3.05, 3.63) is 84.9 Å². The fraction of sp³-hybridized carbons (Fsp3) is 0.0476. The molecule has 0 aliphatic heterocycles. The molecule has 0 atom stereocenters. The van der Waals surface area contributed by atoms with Gasteiger partial charge in [-0.1, -0.05) is 72.8 Å². The largest absolute Gasteiger partial charge is 0.381 e. The molecule has 150 valence electrons. The van der Waals surface area contributed by atoms with Crippen molar-refractivity contribution in [2.45, 2.75) is 0 Å². The Kier molecular flexibility index (Phi) is 9.01. The first-order valence-corrected chi connectivity index (χ1v) is 11.8. The smallest absolute Gasteiger partial charge is 0.327 e. The van der Waals surface area contributed by atoms with Crippen LogP contribution in [-0.4, -0.2) is 81.0 Å². The molecular weight excluding hydrogens is 458 g/mol. The fourth-order valence-corrected chi connectivity index (χ4v) is 5.67. The number of benzene rings is 4. The van der Waals surface area contributed by atoms with E-state index in [1.807, 2.05) is 12.1 Å². The van der Waals surface area contributed by atoms with Gasteiger partial charge in [-0.2, -0.15) is 16.8 Å². The molecule has 0 aromatic heterocycles. The zero-order valence-electron chi connectivity index (χ0n) is 17.1. The van der Waals surface area contributed by atoms with Crippen molar-refractivity contribution in [3.8, 4) is 11.5 Å². The van der Waals surface area contributed by atoms with Crippen LogP contribution < -0.4 is 8.37 Å². The first kappa shape index (κ1) is 26.2. The van der Waals surface area contributed by atoms with Crippen LogP contribution in [-0.2, 0) is 20.2 Å². The molecule has 4 aromatic rings. The minimum atomic E-state index is -4.47. The maximum absolute atomic E-state index is 12.4. The average Bonchev–Trinajstić information content (AvgIpc) is 2.67. The van der Waals surface area contributed by atoms with E-state index in [2.05, 4.69) is 0 Å². The number of fused-ring (bicyclic) bond motifs is 2. The van der Waals surface area contributed by atoms with E-state index in [1.54, 1.807) is 60.7 Å². The van der Waals surface area contributed by atoms with E-state index in [1.165, 1.54) is 12.1 Å². The van der Waals surface area contributed by atoms with Gasteiger partial charge in [0, 0.05) is 69.9 Å². The second kappa shape index (κ2) is 10.7. The van der Waals surface area contributed by atoms with E-state index in [0.717, 1.165) is 10.8 Å². The van der Waals surface area contributed by atoms with E-state index in [4.69, 9.17) is 8.37 Å². The van der Waals surface area contributed by atoms with Crippen molar-refractivity contribution in [1.29, 1.82) is 0 Å². The van der Waals surface area contributed by atoms with Crippen LogP contribution in [0.3, 0.4) is 0 Å². The minimum absolute atomic E-state index is 0. The van der Waals surface area contributed by atoms with E-state index in [0.29, 0.717) is 10.8 Å². The van der Waals surface area contributed by atoms with Gasteiger partial charge in [-0.25, -0.2) is 0 Å². The van der Waals surface area contributed by atoms with Gasteiger partial charge in [0.25, 0.3) is 0 Å². The van der Waals surface area contributed by atoms with Crippen molar-refractivity contribution >= 4 is 101 Å². The van der Waals surface area contributed by atoms with Crippen LogP contribution >= 0.6 is 0 Å². The summed E-state index contributed by atoms with van der Waals surface area (Å²) in [6.45, 7) is 0. The van der Waals surface area contributed by atoms with Crippen LogP contribution in [0.1, 0.15) is 0 Å². The summed E-state index contributed by atoms with van der Waals surface area (Å²) in [5.41, 5.74) is 0. The molecular formula is C21H16Na2O6S2. The Hall–Kier alpha value is -1.10. The molecule has 10 heteroatoms. The van der Waals surface area contributed by atoms with Crippen LogP contribution in [0.25, 0.3) is 21.5 Å². The van der Waals surface area contributed by atoms with Gasteiger partial charge in [-0.05, 0) is 22.9 Å². The molecule has 0 bridgehead atoms. The number of rotatable bonds is 6. The van der Waals surface area contributed by atoms with Crippen molar-refractivity contribution in [2.24, 2.45) is 0 Å². The Morgan fingerprint density at radius 3 is 1.29 bits per heavy atom. The number of hydrogen-bond donors (Lipinski definition) is 0. The molecule has 4 aromatic carbocycles. The number of hydrogen-bond acceptors (Lipinski definition) is 6. The minimum Gasteiger partial charge on any atom is -0.381 e. The topological polar surface area (TPSA) is 86.7 Å². The molecule has 6 nitrogen and oxygen atoms in total. The van der Waals surface area contributed by atoms with E-state index in [9.17, 15) is 16.8 Å². The van der Waals surface area contributed by atoms with Gasteiger partial charge < -0.3 is 8.37 Å². The predicted molar refractivity (Wildman–Crippen MR) is 123 cm³/mol. The molecule has 0 fully saturated rings. The van der Waals surface area contributed by atoms with Gasteiger partial charge in [0.15, 0.2) is 0 Å². The summed E-state index contributed by atoms with van der Waals surface area (Å²) in [7, 11) is -8.94. The van der Waals surface area contributed by atoms with E-state index in [-0.39, 0.29) is 70.6 Å². The van der Waals surface area contributed by atoms with Gasteiger partial charge in [0.2, 0.25) is 5.08 Å². The Morgan fingerprint density at radius 1 is 0.516 bits per heavy atom. The summed E-state index contributed by atoms with van der Waals surface area (Å²) in [4.78, 5) is 0. The van der Waals surface area contributed by atoms with Gasteiger partial charge in [-0.3, -0.25) is 0 Å². The van der Waals surface area contributed by atoms with E-state index < -0.39 is 25.3 Å². The molecule has 4 rings (SSSR count). The molecule has 0 spiro atoms. The normalized spacial score (nSPS) is 11.4. The van der Waals surface area contributed by atoms with Gasteiger partial charge in [0.1, 0.15) is 11.5 Å². The summed E-state index contributed by atoms with van der Waals surface area (Å²) < 4.78 is 59.9. The Labute approximate surface area is 225 Å². The van der Waals surface area contributed by atoms with Gasteiger partial charge in [0.05, 0.1) is 0 Å². The summed E-state index contributed by atoms with van der Waals surface area (Å²) in [5.74, 6) is 0.118. The zero-order valence-corrected chi connectivity index (χ0v) is 22.7. The maximum atomic E-state index is 12.4. The SMILES string of the molecule is O=S(=O)(CS(=O)(=O)Oc1cccc2ccccc12)Oc1cccc2ccccc12.[Na].[Na]. The van der Waals surface area contributed by atoms with Gasteiger partial charge in [-0.15, -0.1) is 0 Å². The maximum Gasteiger partial charge on any atom is 0.327 e. The Morgan fingerprint density at radius 2 is 0.871 bits per heavy atom. The second-order valence-corrected chi connectivity index (χ2v) is 9.86. The van der Waals surface area contributed by atoms with Crippen LogP contribution in [0.15, 0.2) is 84.9 Å². The van der Waals surface area contributed by atoms with Crippen molar-refractivity contribution in [3.63, 3.8) is 0 Å². The molecule has 2 radical (unpaired) electrons. The van der Waals surface area contributed by atoms with E-state index >= 15 is 0 Å². The average molecular weight is 474 g/mol. The summed E-state index contributed by atoms with van der Waals surface area (Å²) >= 11 is 0. The molecule has 0 amide bonds. The third kappa shape index (κ3) is 6.46. The predicted octanol–water partition coefficient (Wildman–Crippen LogP) is 3.31. The van der Waals surface area contributed by atoms with Crippen LogP contribution in [0, 0.1) is 0 Å². The molecule has 0 saturated carbocycles. The van der Waals surface area contributed by atoms with Crippen molar-refractivity contribution < 1.29 is 25.2 Å². The molecule has 0 aliphatic rings. The van der Waals surface area contributed by atoms with Crippen LogP contribution in [0.4, 0.5) is 0 Å². The Balaban J connectivity index is 0.00000171. The van der Waals surface area contributed by atoms with Gasteiger partial charge >= 0.3 is 20.2 Å². The molecule has 0 unspecified atom stereocenters. The quantitative estimate of drug-likeness (QED) is 0.315. The summed E-state index contributed by atoms with van der Waals surface area (Å²) in [5, 5.41) is 1.36. The summed E-state index contributed by atoms with van der Waals surface area (Å²) in [6.07, 6.45) is 0. The van der Waals surface area contributed by atoms with Crippen molar-refractivity contribution in [1.82, 2.24) is 0 Å². The third-order valence-electron chi connectivity index (χ3n) is 4.22. The third-order valence-corrected chi connectivity index (χ3v) is 7.40. The van der Waals surface area contributed by atoms with Crippen LogP contribution in [0.5, 0.6) is 11.5 Å². The molecule has 0 aliphatic carbocycles. The standard InChI is InChI=1S/C21H16O6S2.2Na/c22-28(23,26-20-13-5-9-16-7-1-3-11-18(16)20)15-29(24,25)27-21-14-6-10-17-8-2-4-12-19(17)21;;/h1-14H,15H2;;.